The Morgan fingerprint density at radius 2 is 1.59 bits per heavy atom. The second-order valence-corrected chi connectivity index (χ2v) is 15.7. The fourth-order valence-electron chi connectivity index (χ4n) is 5.64. The molecule has 1 aromatic carbocycles. The number of aryl methyl sites for hydroxylation is 1. The van der Waals surface area contributed by atoms with Crippen LogP contribution in [-0.2, 0) is 21.0 Å². The van der Waals surface area contributed by atoms with E-state index in [4.69, 9.17) is 9.16 Å². The van der Waals surface area contributed by atoms with Crippen molar-refractivity contribution in [3.05, 3.63) is 72.3 Å². The molecule has 34 heavy (non-hydrogen) atoms. The van der Waals surface area contributed by atoms with Crippen molar-refractivity contribution in [1.82, 2.24) is 4.57 Å². The zero-order chi connectivity index (χ0) is 25.7. The summed E-state index contributed by atoms with van der Waals surface area (Å²) < 4.78 is 13.8. The topological polar surface area (TPSA) is 60.7 Å². The maximum Gasteiger partial charge on any atom is 0.338 e. The van der Waals surface area contributed by atoms with Crippen LogP contribution >= 0.6 is 0 Å². The van der Waals surface area contributed by atoms with Crippen molar-refractivity contribution in [1.29, 1.82) is 0 Å². The Bertz CT molecular complexity index is 929. The molecular formula is C28H43NO4Si. The minimum absolute atomic E-state index is 0.00562. The summed E-state index contributed by atoms with van der Waals surface area (Å²) in [5.41, 5.74) is 1.33. The average molecular weight is 486 g/mol. The van der Waals surface area contributed by atoms with Gasteiger partial charge in [0.2, 0.25) is 0 Å². The van der Waals surface area contributed by atoms with E-state index in [9.17, 15) is 9.90 Å². The van der Waals surface area contributed by atoms with Gasteiger partial charge in [0, 0.05) is 31.3 Å². The molecule has 188 valence electrons. The molecule has 0 saturated carbocycles. The number of aliphatic hydroxyl groups is 1. The number of hydrogen-bond donors (Lipinski definition) is 1. The fourth-order valence-corrected chi connectivity index (χ4v) is 10.9. The van der Waals surface area contributed by atoms with Gasteiger partial charge in [-0.05, 0) is 40.7 Å². The lowest BCUT2D eigenvalue weighted by atomic mass is 9.81. The maximum atomic E-state index is 13.0. The number of benzene rings is 1. The Morgan fingerprint density at radius 3 is 2.03 bits per heavy atom. The highest BCUT2D eigenvalue weighted by Gasteiger charge is 2.49. The van der Waals surface area contributed by atoms with Gasteiger partial charge in [0.1, 0.15) is 0 Å². The van der Waals surface area contributed by atoms with Crippen molar-refractivity contribution >= 4 is 14.3 Å². The number of hydrogen-bond acceptors (Lipinski definition) is 4. The quantitative estimate of drug-likeness (QED) is 0.210. The van der Waals surface area contributed by atoms with Gasteiger partial charge >= 0.3 is 5.97 Å². The number of esters is 1. The third-order valence-electron chi connectivity index (χ3n) is 7.17. The number of ether oxygens (including phenoxy) is 1. The monoisotopic (exact) mass is 485 g/mol. The number of aromatic nitrogens is 1. The summed E-state index contributed by atoms with van der Waals surface area (Å²) in [6, 6.07) is 13.9. The van der Waals surface area contributed by atoms with Gasteiger partial charge in [-0.2, -0.15) is 0 Å². The smallest absolute Gasteiger partial charge is 0.338 e. The van der Waals surface area contributed by atoms with Crippen LogP contribution in [0.3, 0.4) is 0 Å². The maximum absolute atomic E-state index is 13.0. The SMILES string of the molecule is C=C(C[C@@](O)(C[C@H](c1ccccc1)c1cccn1C)C(=O)OC)O[Si](C(C)C)(C(C)C)C(C)C. The second kappa shape index (κ2) is 11.4. The van der Waals surface area contributed by atoms with E-state index in [0.29, 0.717) is 22.4 Å². The summed E-state index contributed by atoms with van der Waals surface area (Å²) >= 11 is 0. The molecule has 1 aromatic heterocycles. The first kappa shape index (κ1) is 27.9. The highest BCUT2D eigenvalue weighted by atomic mass is 28.4. The van der Waals surface area contributed by atoms with Crippen LogP contribution in [0.15, 0.2) is 61.0 Å². The van der Waals surface area contributed by atoms with Gasteiger partial charge in [-0.25, -0.2) is 4.79 Å². The Kier molecular flexibility index (Phi) is 9.37. The number of carbonyl (C=O) groups excluding carboxylic acids is 1. The minimum atomic E-state index is -2.27. The van der Waals surface area contributed by atoms with Crippen molar-refractivity contribution in [2.24, 2.45) is 7.05 Å². The van der Waals surface area contributed by atoms with E-state index in [2.05, 4.69) is 48.1 Å². The van der Waals surface area contributed by atoms with Gasteiger partial charge in [-0.1, -0.05) is 78.5 Å². The van der Waals surface area contributed by atoms with Gasteiger partial charge in [0.05, 0.1) is 12.9 Å². The standard InChI is InChI=1S/C28H43NO4Si/c1-20(2)34(21(3)4,22(5)6)33-23(7)18-28(31,27(30)32-9)19-25(24-14-11-10-12-15-24)26-16-13-17-29(26)8/h10-17,20-22,25,31H,7,18-19H2,1-6,8-9H3/t25-,28-/m1/s1. The van der Waals surface area contributed by atoms with Crippen molar-refractivity contribution in [2.75, 3.05) is 7.11 Å². The van der Waals surface area contributed by atoms with Gasteiger partial charge in [-0.15, -0.1) is 0 Å². The summed E-state index contributed by atoms with van der Waals surface area (Å²) in [5, 5.41) is 11.8. The highest BCUT2D eigenvalue weighted by molar-refractivity contribution is 6.77. The number of rotatable bonds is 12. The van der Waals surface area contributed by atoms with Crippen LogP contribution in [0.25, 0.3) is 0 Å². The van der Waals surface area contributed by atoms with Crippen LogP contribution in [0.4, 0.5) is 0 Å². The average Bonchev–Trinajstić information content (AvgIpc) is 3.20. The van der Waals surface area contributed by atoms with E-state index in [1.165, 1.54) is 7.11 Å². The summed E-state index contributed by atoms with van der Waals surface area (Å²) in [7, 11) is 1.01. The van der Waals surface area contributed by atoms with Crippen LogP contribution in [-0.4, -0.2) is 36.7 Å². The Morgan fingerprint density at radius 1 is 1.03 bits per heavy atom. The van der Waals surface area contributed by atoms with E-state index < -0.39 is 19.9 Å². The predicted molar refractivity (Wildman–Crippen MR) is 141 cm³/mol. The molecule has 1 heterocycles. The molecule has 0 radical (unpaired) electrons. The largest absolute Gasteiger partial charge is 0.546 e. The Balaban J connectivity index is 2.44. The molecule has 6 heteroatoms. The van der Waals surface area contributed by atoms with Crippen LogP contribution in [0.1, 0.15) is 71.6 Å². The number of nitrogens with zero attached hydrogens (tertiary/aromatic N) is 1. The van der Waals surface area contributed by atoms with Crippen LogP contribution in [0.5, 0.6) is 0 Å². The molecular weight excluding hydrogens is 442 g/mol. The first-order chi connectivity index (χ1) is 15.9. The van der Waals surface area contributed by atoms with E-state index >= 15 is 0 Å². The van der Waals surface area contributed by atoms with E-state index in [1.807, 2.05) is 60.3 Å². The molecule has 0 aliphatic rings. The van der Waals surface area contributed by atoms with Crippen LogP contribution < -0.4 is 0 Å². The van der Waals surface area contributed by atoms with Crippen LogP contribution in [0, 0.1) is 0 Å². The summed E-state index contributed by atoms with van der Waals surface area (Å²) in [5.74, 6) is -0.423. The molecule has 0 aliphatic heterocycles. The molecule has 0 saturated heterocycles. The lowest BCUT2D eigenvalue weighted by molar-refractivity contribution is -0.164. The zero-order valence-electron chi connectivity index (χ0n) is 22.2. The lowest BCUT2D eigenvalue weighted by Gasteiger charge is -2.43. The predicted octanol–water partition coefficient (Wildman–Crippen LogP) is 6.55. The fraction of sp³-hybridized carbons (Fsp3) is 0.536. The van der Waals surface area contributed by atoms with Gasteiger partial charge < -0.3 is 18.8 Å². The molecule has 0 fully saturated rings. The Hall–Kier alpha value is -2.31. The summed E-state index contributed by atoms with van der Waals surface area (Å²) in [6.45, 7) is 17.4. The van der Waals surface area contributed by atoms with Crippen molar-refractivity contribution in [3.8, 4) is 0 Å². The van der Waals surface area contributed by atoms with Crippen molar-refractivity contribution in [3.63, 3.8) is 0 Å². The van der Waals surface area contributed by atoms with Gasteiger partial charge in [-0.3, -0.25) is 0 Å². The molecule has 5 nitrogen and oxygen atoms in total. The third kappa shape index (κ3) is 5.84. The van der Waals surface area contributed by atoms with Gasteiger partial charge in [0.15, 0.2) is 5.60 Å². The Labute approximate surface area is 206 Å². The molecule has 0 unspecified atom stereocenters. The molecule has 2 aromatic rings. The first-order valence-corrected chi connectivity index (χ1v) is 14.4. The molecule has 2 atom stereocenters. The van der Waals surface area contributed by atoms with E-state index in [-0.39, 0.29) is 18.8 Å². The lowest BCUT2D eigenvalue weighted by Crippen LogP contribution is -2.49. The van der Waals surface area contributed by atoms with Gasteiger partial charge in [0.25, 0.3) is 8.32 Å². The normalized spacial score (nSPS) is 14.8. The molecule has 0 aliphatic carbocycles. The van der Waals surface area contributed by atoms with Crippen molar-refractivity contribution in [2.45, 2.75) is 82.5 Å². The molecule has 0 bridgehead atoms. The highest BCUT2D eigenvalue weighted by Crippen LogP contribution is 2.45. The molecule has 1 N–H and O–H groups in total. The summed E-state index contributed by atoms with van der Waals surface area (Å²) in [4.78, 5) is 13.0. The van der Waals surface area contributed by atoms with Crippen LogP contribution in [0.2, 0.25) is 16.6 Å². The van der Waals surface area contributed by atoms with E-state index in [0.717, 1.165) is 11.3 Å². The molecule has 2 rings (SSSR count). The zero-order valence-corrected chi connectivity index (χ0v) is 23.2. The minimum Gasteiger partial charge on any atom is -0.546 e. The number of carbonyl (C=O) groups is 1. The van der Waals surface area contributed by atoms with Crippen molar-refractivity contribution < 1.29 is 19.1 Å². The summed E-state index contributed by atoms with van der Waals surface area (Å²) in [6.07, 6.45) is 2.12. The van der Waals surface area contributed by atoms with E-state index in [1.54, 1.807) is 0 Å². The second-order valence-electron chi connectivity index (χ2n) is 10.4. The molecule has 0 spiro atoms. The number of methoxy groups -OCH3 is 1. The molecule has 0 amide bonds. The third-order valence-corrected chi connectivity index (χ3v) is 13.2. The first-order valence-electron chi connectivity index (χ1n) is 12.2.